The van der Waals surface area contributed by atoms with E-state index in [1.807, 2.05) is 35.3 Å². The van der Waals surface area contributed by atoms with E-state index in [0.717, 1.165) is 28.6 Å². The Labute approximate surface area is 105 Å². The molecule has 0 aliphatic heterocycles. The second kappa shape index (κ2) is 5.63. The summed E-state index contributed by atoms with van der Waals surface area (Å²) in [6.07, 6.45) is 5.55. The van der Waals surface area contributed by atoms with E-state index in [1.54, 1.807) is 25.1 Å². The van der Waals surface area contributed by atoms with Gasteiger partial charge in [-0.2, -0.15) is 0 Å². The zero-order valence-corrected chi connectivity index (χ0v) is 10.5. The van der Waals surface area contributed by atoms with Gasteiger partial charge in [0.05, 0.1) is 13.4 Å². The van der Waals surface area contributed by atoms with Crippen LogP contribution in [0.2, 0.25) is 0 Å². The molecule has 0 atom stereocenters. The highest BCUT2D eigenvalue weighted by Gasteiger charge is 2.02. The van der Waals surface area contributed by atoms with E-state index in [2.05, 4.69) is 4.98 Å². The topological polar surface area (TPSA) is 53.1 Å². The number of nitrogens with two attached hydrogens (primary N) is 1. The molecule has 4 nitrogen and oxygen atoms in total. The number of anilines is 1. The van der Waals surface area contributed by atoms with Crippen LogP contribution in [0.15, 0.2) is 41.8 Å². The van der Waals surface area contributed by atoms with Crippen LogP contribution in [0.4, 0.5) is 5.69 Å². The molecule has 0 aliphatic carbocycles. The number of rotatable bonds is 5. The first kappa shape index (κ1) is 11.9. The normalized spacial score (nSPS) is 10.4. The predicted octanol–water partition coefficient (Wildman–Crippen LogP) is 2.27. The predicted molar refractivity (Wildman–Crippen MR) is 70.4 cm³/mol. The standard InChI is InChI=1S/C12H15N3OS/c1-16-10-2-3-11(13)12(8-10)17-7-6-15-5-4-14-9-15/h2-5,8-9H,6-7,13H2,1H3. The van der Waals surface area contributed by atoms with Gasteiger partial charge in [0.15, 0.2) is 0 Å². The summed E-state index contributed by atoms with van der Waals surface area (Å²) in [4.78, 5) is 5.06. The van der Waals surface area contributed by atoms with Crippen LogP contribution in [0.1, 0.15) is 0 Å². The number of hydrogen-bond acceptors (Lipinski definition) is 4. The fourth-order valence-corrected chi connectivity index (χ4v) is 2.40. The number of methoxy groups -OCH3 is 1. The molecule has 0 saturated heterocycles. The minimum Gasteiger partial charge on any atom is -0.497 e. The van der Waals surface area contributed by atoms with Crippen LogP contribution in [0, 0.1) is 0 Å². The van der Waals surface area contributed by atoms with Crippen molar-refractivity contribution in [3.8, 4) is 5.75 Å². The van der Waals surface area contributed by atoms with Crippen LogP contribution >= 0.6 is 11.8 Å². The maximum atomic E-state index is 5.91. The maximum Gasteiger partial charge on any atom is 0.120 e. The summed E-state index contributed by atoms with van der Waals surface area (Å²) in [6.45, 7) is 0.918. The smallest absolute Gasteiger partial charge is 0.120 e. The van der Waals surface area contributed by atoms with Gasteiger partial charge in [0, 0.05) is 35.3 Å². The number of ether oxygens (including phenoxy) is 1. The molecule has 90 valence electrons. The SMILES string of the molecule is COc1ccc(N)c(SCCn2ccnc2)c1. The molecule has 0 bridgehead atoms. The summed E-state index contributed by atoms with van der Waals surface area (Å²) in [5, 5.41) is 0. The van der Waals surface area contributed by atoms with E-state index in [0.29, 0.717) is 0 Å². The molecule has 1 heterocycles. The van der Waals surface area contributed by atoms with Crippen molar-refractivity contribution >= 4 is 17.4 Å². The Morgan fingerprint density at radius 2 is 2.35 bits per heavy atom. The third-order valence-electron chi connectivity index (χ3n) is 2.39. The summed E-state index contributed by atoms with van der Waals surface area (Å²) in [5.74, 6) is 1.79. The average molecular weight is 249 g/mol. The van der Waals surface area contributed by atoms with Crippen LogP contribution in [-0.4, -0.2) is 22.4 Å². The van der Waals surface area contributed by atoms with Gasteiger partial charge in [-0.05, 0) is 18.2 Å². The van der Waals surface area contributed by atoms with Gasteiger partial charge in [0.25, 0.3) is 0 Å². The minimum absolute atomic E-state index is 0.793. The maximum absolute atomic E-state index is 5.91. The number of benzene rings is 1. The van der Waals surface area contributed by atoms with Gasteiger partial charge < -0.3 is 15.0 Å². The number of nitrogens with zero attached hydrogens (tertiary/aromatic N) is 2. The Hall–Kier alpha value is -1.62. The van der Waals surface area contributed by atoms with E-state index >= 15 is 0 Å². The minimum atomic E-state index is 0.793. The highest BCUT2D eigenvalue weighted by Crippen LogP contribution is 2.29. The Balaban J connectivity index is 1.94. The second-order valence-corrected chi connectivity index (χ2v) is 4.69. The first-order valence-electron chi connectivity index (χ1n) is 5.31. The van der Waals surface area contributed by atoms with E-state index < -0.39 is 0 Å². The molecule has 0 fully saturated rings. The zero-order chi connectivity index (χ0) is 12.1. The number of thioether (sulfide) groups is 1. The third kappa shape index (κ3) is 3.17. The van der Waals surface area contributed by atoms with Gasteiger partial charge >= 0.3 is 0 Å². The third-order valence-corrected chi connectivity index (χ3v) is 3.44. The molecule has 2 rings (SSSR count). The Morgan fingerprint density at radius 1 is 1.47 bits per heavy atom. The van der Waals surface area contributed by atoms with Gasteiger partial charge in [-0.25, -0.2) is 4.98 Å². The largest absolute Gasteiger partial charge is 0.497 e. The summed E-state index contributed by atoms with van der Waals surface area (Å²) in [6, 6.07) is 5.71. The lowest BCUT2D eigenvalue weighted by Crippen LogP contribution is -1.98. The fourth-order valence-electron chi connectivity index (χ4n) is 1.45. The molecule has 5 heteroatoms. The van der Waals surface area contributed by atoms with Crippen molar-refractivity contribution in [1.82, 2.24) is 9.55 Å². The fraction of sp³-hybridized carbons (Fsp3) is 0.250. The molecule has 1 aromatic heterocycles. The van der Waals surface area contributed by atoms with Crippen LogP contribution in [0.3, 0.4) is 0 Å². The van der Waals surface area contributed by atoms with Crippen molar-refractivity contribution in [2.75, 3.05) is 18.6 Å². The van der Waals surface area contributed by atoms with Crippen molar-refractivity contribution in [3.05, 3.63) is 36.9 Å². The number of aryl methyl sites for hydroxylation is 1. The monoisotopic (exact) mass is 249 g/mol. The average Bonchev–Trinajstić information content (AvgIpc) is 2.84. The van der Waals surface area contributed by atoms with E-state index in [1.165, 1.54) is 0 Å². The number of aromatic nitrogens is 2. The van der Waals surface area contributed by atoms with Crippen LogP contribution in [-0.2, 0) is 6.54 Å². The van der Waals surface area contributed by atoms with Crippen molar-refractivity contribution in [1.29, 1.82) is 0 Å². The molecule has 1 aromatic carbocycles. The van der Waals surface area contributed by atoms with E-state index in [4.69, 9.17) is 10.5 Å². The van der Waals surface area contributed by atoms with Crippen molar-refractivity contribution in [2.24, 2.45) is 0 Å². The van der Waals surface area contributed by atoms with Crippen LogP contribution in [0.5, 0.6) is 5.75 Å². The lowest BCUT2D eigenvalue weighted by molar-refractivity contribution is 0.414. The quantitative estimate of drug-likeness (QED) is 0.652. The van der Waals surface area contributed by atoms with Crippen molar-refractivity contribution in [2.45, 2.75) is 11.4 Å². The number of imidazole rings is 1. The molecule has 0 aliphatic rings. The summed E-state index contributed by atoms with van der Waals surface area (Å²) < 4.78 is 7.22. The molecule has 0 spiro atoms. The molecule has 2 aromatic rings. The van der Waals surface area contributed by atoms with Gasteiger partial charge in [0.1, 0.15) is 5.75 Å². The molecule has 0 unspecified atom stereocenters. The summed E-state index contributed by atoms with van der Waals surface area (Å²) >= 11 is 1.72. The molecular formula is C12H15N3OS. The van der Waals surface area contributed by atoms with Gasteiger partial charge in [-0.1, -0.05) is 0 Å². The first-order chi connectivity index (χ1) is 8.29. The highest BCUT2D eigenvalue weighted by atomic mass is 32.2. The van der Waals surface area contributed by atoms with E-state index in [-0.39, 0.29) is 0 Å². The molecule has 0 saturated carbocycles. The molecule has 17 heavy (non-hydrogen) atoms. The lowest BCUT2D eigenvalue weighted by Gasteiger charge is -2.08. The summed E-state index contributed by atoms with van der Waals surface area (Å²) in [7, 11) is 1.66. The number of hydrogen-bond donors (Lipinski definition) is 1. The Morgan fingerprint density at radius 3 is 3.06 bits per heavy atom. The molecule has 0 amide bonds. The highest BCUT2D eigenvalue weighted by molar-refractivity contribution is 7.99. The second-order valence-electron chi connectivity index (χ2n) is 3.55. The molecule has 2 N–H and O–H groups in total. The first-order valence-corrected chi connectivity index (χ1v) is 6.30. The van der Waals surface area contributed by atoms with Crippen molar-refractivity contribution < 1.29 is 4.74 Å². The zero-order valence-electron chi connectivity index (χ0n) is 9.67. The van der Waals surface area contributed by atoms with Crippen LogP contribution < -0.4 is 10.5 Å². The van der Waals surface area contributed by atoms with Gasteiger partial charge in [-0.15, -0.1) is 11.8 Å². The Bertz CT molecular complexity index is 471. The van der Waals surface area contributed by atoms with Gasteiger partial charge in [0.2, 0.25) is 0 Å². The lowest BCUT2D eigenvalue weighted by atomic mass is 10.3. The van der Waals surface area contributed by atoms with Gasteiger partial charge in [-0.3, -0.25) is 0 Å². The summed E-state index contributed by atoms with van der Waals surface area (Å²) in [5.41, 5.74) is 6.70. The molecule has 0 radical (unpaired) electrons. The van der Waals surface area contributed by atoms with Crippen molar-refractivity contribution in [3.63, 3.8) is 0 Å². The molecular weight excluding hydrogens is 234 g/mol. The Kier molecular flexibility index (Phi) is 3.93. The van der Waals surface area contributed by atoms with E-state index in [9.17, 15) is 0 Å². The van der Waals surface area contributed by atoms with Crippen LogP contribution in [0.25, 0.3) is 0 Å². The number of nitrogen functional groups attached to an aromatic ring is 1.